The van der Waals surface area contributed by atoms with Gasteiger partial charge in [0, 0.05) is 59.8 Å². The van der Waals surface area contributed by atoms with Crippen LogP contribution < -0.4 is 27.0 Å². The van der Waals surface area contributed by atoms with Crippen LogP contribution in [-0.2, 0) is 38.4 Å². The van der Waals surface area contributed by atoms with E-state index in [1.165, 1.54) is 16.2 Å². The number of hydrogen-bond donors (Lipinski definition) is 6. The average molecular weight is 1170 g/mol. The molecule has 0 radical (unpaired) electrons. The second-order valence-electron chi connectivity index (χ2n) is 21.6. The normalized spacial score (nSPS) is 23.2. The van der Waals surface area contributed by atoms with Crippen LogP contribution in [0.15, 0.2) is 59.0 Å². The molecule has 20 nitrogen and oxygen atoms in total. The highest BCUT2D eigenvalue weighted by Crippen LogP contribution is 2.40. The van der Waals surface area contributed by atoms with Crippen molar-refractivity contribution in [1.82, 2.24) is 45.9 Å². The smallest absolute Gasteiger partial charge is 0.246 e. The number of carbonyl (C=O) groups is 8. The first kappa shape index (κ1) is 59.5. The van der Waals surface area contributed by atoms with Crippen molar-refractivity contribution in [2.75, 3.05) is 24.6 Å². The van der Waals surface area contributed by atoms with Crippen LogP contribution in [0, 0.1) is 39.0 Å². The number of nitrogens with zero attached hydrogens (tertiary/aromatic N) is 6. The minimum Gasteiger partial charge on any atom is -0.391 e. The number of thiazole rings is 1. The molecule has 5 aromatic rings. The maximum atomic E-state index is 14.4. The number of nitrogens with one attached hydrogen (secondary N) is 4. The second-order valence-corrected chi connectivity index (χ2v) is 25.2. The minimum absolute atomic E-state index is 0.00670. The molecular weight excluding hydrogens is 1100 g/mol. The summed E-state index contributed by atoms with van der Waals surface area (Å²) in [5.74, 6) is -4.97. The van der Waals surface area contributed by atoms with E-state index in [0.717, 1.165) is 54.5 Å². The molecule has 0 aliphatic carbocycles. The number of aromatic nitrogens is 4. The molecule has 8 rings (SSSR count). The highest BCUT2D eigenvalue weighted by molar-refractivity contribution is 7.99. The fourth-order valence-corrected chi connectivity index (χ4v) is 13.1. The van der Waals surface area contributed by atoms with Gasteiger partial charge < -0.3 is 37.0 Å². The number of nitrogens with two attached hydrogens (primary N) is 1. The van der Waals surface area contributed by atoms with Crippen LogP contribution >= 0.6 is 46.0 Å². The van der Waals surface area contributed by atoms with Crippen LogP contribution in [-0.4, -0.2) is 131 Å². The fraction of sp³-hybridized carbons (Fsp3) is 0.464. The van der Waals surface area contributed by atoms with Crippen molar-refractivity contribution in [3.05, 3.63) is 104 Å². The Morgan fingerprint density at radius 3 is 2.30 bits per heavy atom. The van der Waals surface area contributed by atoms with Gasteiger partial charge in [0.25, 0.3) is 0 Å². The summed E-state index contributed by atoms with van der Waals surface area (Å²) in [5.41, 5.74) is 12.1. The number of carbonyl (C=O) groups excluding carboxylic acids is 8. The lowest BCUT2D eigenvalue weighted by Gasteiger charge is -2.35. The highest BCUT2D eigenvalue weighted by atomic mass is 35.5. The average Bonchev–Trinajstić information content (AvgIpc) is 4.30. The molecule has 3 aliphatic heterocycles. The van der Waals surface area contributed by atoms with Crippen molar-refractivity contribution in [1.29, 1.82) is 0 Å². The van der Waals surface area contributed by atoms with Gasteiger partial charge in [-0.1, -0.05) is 68.8 Å². The molecule has 0 spiro atoms. The molecular formula is C56H66ClN11O9S3. The van der Waals surface area contributed by atoms with E-state index >= 15 is 0 Å². The topological polar surface area (TPSA) is 290 Å². The molecule has 80 heavy (non-hydrogen) atoms. The van der Waals surface area contributed by atoms with Gasteiger partial charge in [-0.15, -0.1) is 32.9 Å². The van der Waals surface area contributed by atoms with Crippen LogP contribution in [0.2, 0.25) is 5.02 Å². The fourth-order valence-electron chi connectivity index (χ4n) is 10.1. The third kappa shape index (κ3) is 13.7. The maximum Gasteiger partial charge on any atom is 0.246 e. The predicted molar refractivity (Wildman–Crippen MR) is 307 cm³/mol. The van der Waals surface area contributed by atoms with Gasteiger partial charge in [0.1, 0.15) is 46.8 Å². The van der Waals surface area contributed by atoms with Crippen molar-refractivity contribution < 1.29 is 43.5 Å². The highest BCUT2D eigenvalue weighted by Gasteiger charge is 2.45. The largest absolute Gasteiger partial charge is 0.391 e. The molecule has 6 amide bonds. The Hall–Kier alpha value is -6.66. The summed E-state index contributed by atoms with van der Waals surface area (Å²) in [4.78, 5) is 125. The molecule has 3 aliphatic rings. The first-order chi connectivity index (χ1) is 38.0. The Morgan fingerprint density at radius 1 is 0.912 bits per heavy atom. The molecule has 3 aromatic heterocycles. The number of aliphatic hydroxyl groups is 1. The standard InChI is InChI=1S/C56H66ClN11O9S3/c1-28-30(3)80-55-45(28)47(33-15-17-36(57)18-16-33)61-40(51-66-65-31(4)68(51)55)23-43(72)59-24-35-21-37(69)9-8-10-42(71)46(32-11-13-34(14-12-32)48-29(2)60-27-79-48)64-53(76)41-22-38(70)25-67(41)54(77)49(56(5,6)7)63-44(73)26-78-20-19-39(50(58)74)62-52(35)75/h11-18,27,35,38-41,46,49,70H,8-10,19-26H2,1-7H3,(H2,58,74)(H,59,72)(H,62,75)(H,63,73)(H,64,76)/t35-,38-,39-,40+,41+,46-,49-/m1/s1. The number of thioether (sulfide) groups is 1. The lowest BCUT2D eigenvalue weighted by molar-refractivity contribution is -0.144. The van der Waals surface area contributed by atoms with E-state index in [-0.39, 0.29) is 63.1 Å². The summed E-state index contributed by atoms with van der Waals surface area (Å²) >= 11 is 10.4. The van der Waals surface area contributed by atoms with Gasteiger partial charge in [0.2, 0.25) is 35.4 Å². The Kier molecular flexibility index (Phi) is 18.9. The van der Waals surface area contributed by atoms with Crippen molar-refractivity contribution in [2.24, 2.45) is 22.1 Å². The number of benzene rings is 2. The lowest BCUT2D eigenvalue weighted by Crippen LogP contribution is -2.58. The maximum absolute atomic E-state index is 14.4. The van der Waals surface area contributed by atoms with Gasteiger partial charge in [-0.25, -0.2) is 4.98 Å². The van der Waals surface area contributed by atoms with Crippen LogP contribution in [0.25, 0.3) is 15.4 Å². The number of aryl methyl sites for hydroxylation is 3. The van der Waals surface area contributed by atoms with E-state index in [1.807, 2.05) is 56.5 Å². The molecule has 2 aromatic carbocycles. The predicted octanol–water partition coefficient (Wildman–Crippen LogP) is 5.51. The number of ketones is 2. The first-order valence-electron chi connectivity index (χ1n) is 26.4. The summed E-state index contributed by atoms with van der Waals surface area (Å²) in [6, 6.07) is 8.68. The number of thiophene rings is 1. The van der Waals surface area contributed by atoms with Crippen LogP contribution in [0.1, 0.15) is 122 Å². The van der Waals surface area contributed by atoms with E-state index < -0.39 is 101 Å². The zero-order chi connectivity index (χ0) is 57.7. The number of Topliss-reactive ketones (excluding diaryl/α,β-unsaturated/α-hetero) is 2. The Bertz CT molecular complexity index is 3220. The zero-order valence-corrected chi connectivity index (χ0v) is 48.8. The molecule has 2 saturated heterocycles. The Morgan fingerprint density at radius 2 is 1.62 bits per heavy atom. The molecule has 0 saturated carbocycles. The van der Waals surface area contributed by atoms with Crippen LogP contribution in [0.4, 0.5) is 0 Å². The summed E-state index contributed by atoms with van der Waals surface area (Å²) in [6.07, 6.45) is -2.16. The zero-order valence-electron chi connectivity index (χ0n) is 45.6. The van der Waals surface area contributed by atoms with Crippen molar-refractivity contribution >= 4 is 98.8 Å². The lowest BCUT2D eigenvalue weighted by atomic mass is 9.85. The summed E-state index contributed by atoms with van der Waals surface area (Å²) in [6.45, 7) is 12.5. The van der Waals surface area contributed by atoms with Gasteiger partial charge in [-0.3, -0.25) is 47.9 Å². The number of fused-ring (bicyclic) bond motifs is 4. The van der Waals surface area contributed by atoms with E-state index in [2.05, 4.69) is 36.4 Å². The van der Waals surface area contributed by atoms with Crippen molar-refractivity contribution in [3.63, 3.8) is 0 Å². The van der Waals surface area contributed by atoms with Gasteiger partial charge in [0.05, 0.1) is 46.0 Å². The van der Waals surface area contributed by atoms with Gasteiger partial charge in [-0.2, -0.15) is 11.8 Å². The number of primary amides is 1. The Balaban J connectivity index is 1.05. The first-order valence-corrected chi connectivity index (χ1v) is 29.6. The molecule has 0 bridgehead atoms. The quantitative estimate of drug-likeness (QED) is 0.112. The van der Waals surface area contributed by atoms with E-state index in [9.17, 15) is 43.5 Å². The van der Waals surface area contributed by atoms with Gasteiger partial charge in [-0.05, 0) is 80.5 Å². The number of aliphatic hydroxyl groups excluding tert-OH is 1. The number of halogens is 1. The van der Waals surface area contributed by atoms with E-state index in [4.69, 9.17) is 22.3 Å². The summed E-state index contributed by atoms with van der Waals surface area (Å²) in [5, 5.41) is 32.4. The summed E-state index contributed by atoms with van der Waals surface area (Å²) < 4.78 is 1.91. The molecule has 2 fully saturated rings. The molecule has 7 N–H and O–H groups in total. The second kappa shape index (κ2) is 25.4. The number of rotatable bonds is 8. The number of aliphatic imine (C=N–C) groups is 1. The van der Waals surface area contributed by atoms with Gasteiger partial charge >= 0.3 is 0 Å². The Labute approximate surface area is 480 Å². The van der Waals surface area contributed by atoms with Crippen LogP contribution in [0.3, 0.4) is 0 Å². The third-order valence-electron chi connectivity index (χ3n) is 14.6. The molecule has 424 valence electrons. The molecule has 7 atom stereocenters. The van der Waals surface area contributed by atoms with E-state index in [1.54, 1.807) is 61.9 Å². The van der Waals surface area contributed by atoms with Crippen molar-refractivity contribution in [3.8, 4) is 15.4 Å². The SMILES string of the molecule is Cc1ncsc1-c1ccc([C@H]2NC(=O)[C@@H]3C[C@@H](O)CN3C(=O)[C@H](C(C)(C)C)NC(=O)CSCC[C@H](C(N)=O)NC(=O)[C@@H](CNC(=O)C[C@@H]3N=C(c4ccc(Cl)cc4)c4c(sc(C)c4C)-n4c(C)nnc43)CC(=O)CCCC2=O)cc1. The summed E-state index contributed by atoms with van der Waals surface area (Å²) in [7, 11) is 0. The molecule has 6 heterocycles. The van der Waals surface area contributed by atoms with Crippen molar-refractivity contribution in [2.45, 2.75) is 130 Å². The molecule has 24 heteroatoms. The van der Waals surface area contributed by atoms with E-state index in [0.29, 0.717) is 27.9 Å². The third-order valence-corrected chi connectivity index (χ3v) is 18.0. The van der Waals surface area contributed by atoms with Crippen LogP contribution in [0.5, 0.6) is 0 Å². The van der Waals surface area contributed by atoms with Gasteiger partial charge in [0.15, 0.2) is 11.6 Å². The minimum atomic E-state index is -1.24. The number of amides is 6. The molecule has 0 unspecified atom stereocenters. The monoisotopic (exact) mass is 1170 g/mol. The number of hydrogen-bond acceptors (Lipinski definition) is 16.